The zero-order valence-corrected chi connectivity index (χ0v) is 33.3. The van der Waals surface area contributed by atoms with E-state index in [1.54, 1.807) is 25.1 Å². The molecule has 4 bridgehead atoms. The number of carbonyl (C=O) groups is 5. The number of rotatable bonds is 6. The largest absolute Gasteiger partial charge is 0.457 e. The lowest BCUT2D eigenvalue weighted by molar-refractivity contribution is -0.173. The normalized spacial score (nSPS) is 41.8. The first-order chi connectivity index (χ1) is 25.8. The third-order valence-electron chi connectivity index (χ3n) is 13.8. The van der Waals surface area contributed by atoms with Crippen LogP contribution in [0.25, 0.3) is 0 Å². The quantitative estimate of drug-likeness (QED) is 0.325. The minimum absolute atomic E-state index is 0.00957. The van der Waals surface area contributed by atoms with E-state index in [4.69, 9.17) is 4.74 Å². The number of nitrogens with one attached hydrogen (secondary N) is 1. The highest BCUT2D eigenvalue weighted by atomic mass is 33.1. The molecule has 10 aliphatic rings. The van der Waals surface area contributed by atoms with Crippen molar-refractivity contribution < 1.29 is 38.2 Å². The molecule has 2 spiro atoms. The Bertz CT molecular complexity index is 2150. The number of ether oxygens (including phenoxy) is 1. The van der Waals surface area contributed by atoms with Crippen LogP contribution in [-0.4, -0.2) is 112 Å². The number of amides is 4. The van der Waals surface area contributed by atoms with Gasteiger partial charge in [-0.1, -0.05) is 66.6 Å². The van der Waals surface area contributed by atoms with Crippen LogP contribution in [0.2, 0.25) is 0 Å². The maximum atomic E-state index is 16.0. The van der Waals surface area contributed by atoms with Gasteiger partial charge < -0.3 is 29.9 Å². The van der Waals surface area contributed by atoms with E-state index in [2.05, 4.69) is 5.32 Å². The molecule has 0 unspecified atom stereocenters. The van der Waals surface area contributed by atoms with E-state index in [1.165, 1.54) is 48.4 Å². The predicted molar refractivity (Wildman–Crippen MR) is 203 cm³/mol. The Morgan fingerprint density at radius 2 is 1.48 bits per heavy atom. The fourth-order valence-corrected chi connectivity index (χ4v) is 19.4. The summed E-state index contributed by atoms with van der Waals surface area (Å²) in [5, 5.41) is 17.2. The van der Waals surface area contributed by atoms with Crippen LogP contribution in [-0.2, 0) is 46.0 Å². The standard InChI is InChI=1S/C37H38FN5O7S4/c1-6-11-24(44)50-26-35(21-17-19(38)14-15-22(21)39-27(35)43-29(47)33(8-3)41(5)31(49)37(26,43)54-52-33)34-20-13-10-9-12-18(20)16-23(34)42-28(46)32(7-2)40(4)30(48)36(42,25(34)45)53-51-32/h9-10,12-15,17,23,25-27,39,45H,6-8,11,16H2,1-5H3/t23-,25-,26-,27+,32-,33-,34-,35+,36-,37-/m0/s1. The van der Waals surface area contributed by atoms with E-state index < -0.39 is 78.3 Å². The molecule has 2 aromatic rings. The van der Waals surface area contributed by atoms with Gasteiger partial charge in [-0.05, 0) is 82.2 Å². The van der Waals surface area contributed by atoms with E-state index in [0.29, 0.717) is 29.7 Å². The lowest BCUT2D eigenvalue weighted by atomic mass is 9.51. The highest BCUT2D eigenvalue weighted by Crippen LogP contribution is 2.79. The van der Waals surface area contributed by atoms with E-state index in [1.807, 2.05) is 45.0 Å². The van der Waals surface area contributed by atoms with Gasteiger partial charge in [-0.3, -0.25) is 28.9 Å². The van der Waals surface area contributed by atoms with Gasteiger partial charge >= 0.3 is 5.97 Å². The lowest BCUT2D eigenvalue weighted by Crippen LogP contribution is -2.78. The average Bonchev–Trinajstić information content (AvgIpc) is 3.81. The van der Waals surface area contributed by atoms with Gasteiger partial charge in [-0.2, -0.15) is 0 Å². The maximum absolute atomic E-state index is 16.0. The number of halogens is 1. The maximum Gasteiger partial charge on any atom is 0.306 e. The molecule has 12 nitrogen and oxygen atoms in total. The topological polar surface area (TPSA) is 140 Å². The molecule has 9 heterocycles. The first-order valence-electron chi connectivity index (χ1n) is 18.3. The molecule has 17 heteroatoms. The van der Waals surface area contributed by atoms with Crippen molar-refractivity contribution in [3.63, 3.8) is 0 Å². The van der Waals surface area contributed by atoms with Gasteiger partial charge in [0.15, 0.2) is 15.8 Å². The fraction of sp³-hybridized carbons (Fsp3) is 0.541. The molecular weight excluding hydrogens is 774 g/mol. The number of hydrogen-bond acceptors (Lipinski definition) is 12. The van der Waals surface area contributed by atoms with Gasteiger partial charge in [0.1, 0.15) is 18.1 Å². The van der Waals surface area contributed by atoms with Crippen LogP contribution in [0.5, 0.6) is 0 Å². The summed E-state index contributed by atoms with van der Waals surface area (Å²) in [4.78, 5) is 74.6. The van der Waals surface area contributed by atoms with Crippen LogP contribution in [0.4, 0.5) is 10.1 Å². The molecule has 9 aliphatic heterocycles. The van der Waals surface area contributed by atoms with Crippen molar-refractivity contribution in [3.05, 3.63) is 65.0 Å². The molecule has 8 saturated heterocycles. The second kappa shape index (κ2) is 10.8. The smallest absolute Gasteiger partial charge is 0.306 e. The Balaban J connectivity index is 1.37. The Hall–Kier alpha value is -3.12. The first kappa shape index (κ1) is 35.3. The number of piperazine rings is 2. The van der Waals surface area contributed by atoms with Gasteiger partial charge in [0.2, 0.25) is 9.74 Å². The highest BCUT2D eigenvalue weighted by Gasteiger charge is 2.93. The van der Waals surface area contributed by atoms with Gasteiger partial charge in [0.05, 0.1) is 16.9 Å². The summed E-state index contributed by atoms with van der Waals surface area (Å²) in [6.07, 6.45) is -3.18. The van der Waals surface area contributed by atoms with Crippen molar-refractivity contribution in [2.24, 2.45) is 0 Å². The lowest BCUT2D eigenvalue weighted by Gasteiger charge is -2.59. The highest BCUT2D eigenvalue weighted by molar-refractivity contribution is 8.78. The number of aliphatic hydroxyl groups excluding tert-OH is 1. The number of hydrogen-bond donors (Lipinski definition) is 2. The number of anilines is 1. The number of benzene rings is 2. The fourth-order valence-electron chi connectivity index (χ4n) is 11.5. The van der Waals surface area contributed by atoms with Crippen molar-refractivity contribution >= 4 is 78.5 Å². The first-order valence-corrected chi connectivity index (χ1v) is 22.6. The molecule has 284 valence electrons. The van der Waals surface area contributed by atoms with Crippen LogP contribution in [0.15, 0.2) is 42.5 Å². The van der Waals surface area contributed by atoms with Crippen molar-refractivity contribution in [2.45, 2.75) is 108 Å². The Morgan fingerprint density at radius 1 is 0.852 bits per heavy atom. The van der Waals surface area contributed by atoms with Crippen molar-refractivity contribution in [3.8, 4) is 0 Å². The number of carbonyl (C=O) groups excluding carboxylic acids is 5. The Morgan fingerprint density at radius 3 is 2.15 bits per heavy atom. The van der Waals surface area contributed by atoms with E-state index in [9.17, 15) is 14.7 Å². The zero-order chi connectivity index (χ0) is 38.1. The Labute approximate surface area is 326 Å². The zero-order valence-electron chi connectivity index (χ0n) is 30.1. The van der Waals surface area contributed by atoms with Crippen LogP contribution in [0.1, 0.15) is 63.1 Å². The van der Waals surface area contributed by atoms with Crippen LogP contribution in [0.3, 0.4) is 0 Å². The summed E-state index contributed by atoms with van der Waals surface area (Å²) in [6, 6.07) is 10.7. The predicted octanol–water partition coefficient (Wildman–Crippen LogP) is 3.77. The summed E-state index contributed by atoms with van der Waals surface area (Å²) in [5.41, 5.74) is -1.44. The Kier molecular flexibility index (Phi) is 7.08. The summed E-state index contributed by atoms with van der Waals surface area (Å²) in [7, 11) is 7.99. The van der Waals surface area contributed by atoms with E-state index >= 15 is 18.8 Å². The molecule has 10 atom stereocenters. The van der Waals surface area contributed by atoms with Gasteiger partial charge in [-0.25, -0.2) is 4.39 Å². The third-order valence-corrected chi connectivity index (χ3v) is 21.3. The number of likely N-dealkylation sites (N-methyl/N-ethyl adjacent to an activating group) is 2. The van der Waals surface area contributed by atoms with Crippen LogP contribution in [0, 0.1) is 5.82 Å². The minimum Gasteiger partial charge on any atom is -0.457 e. The molecule has 8 fully saturated rings. The summed E-state index contributed by atoms with van der Waals surface area (Å²) < 4.78 is 22.7. The second-order valence-electron chi connectivity index (χ2n) is 15.5. The molecule has 12 rings (SSSR count). The molecule has 0 radical (unpaired) electrons. The van der Waals surface area contributed by atoms with Gasteiger partial charge in [0, 0.05) is 26.2 Å². The number of esters is 1. The molecule has 2 aromatic carbocycles. The second-order valence-corrected chi connectivity index (χ2v) is 20.7. The summed E-state index contributed by atoms with van der Waals surface area (Å²) >= 11 is 0. The average molecular weight is 812 g/mol. The van der Waals surface area contributed by atoms with E-state index in [-0.39, 0.29) is 31.1 Å². The van der Waals surface area contributed by atoms with Gasteiger partial charge in [0.25, 0.3) is 23.6 Å². The molecule has 1 aliphatic carbocycles. The molecule has 2 N–H and O–H groups in total. The molecule has 54 heavy (non-hydrogen) atoms. The van der Waals surface area contributed by atoms with E-state index in [0.717, 1.165) is 27.2 Å². The SMILES string of the molecule is CCCC(=O)O[C@H]1[C@]2([C@@]34c5ccccc5C[C@@H]3N3C(=O)[C@]5(CC)SS[C@]3(C(=O)N5C)[C@H]4O)c3cc(F)ccc3N[C@@H]2N2C(=O)[C@]3(CC)SS[C@]12C(=O)N3C. The molecule has 4 amide bonds. The number of fused-ring (bicyclic) bond motifs is 11. The number of aliphatic hydroxyl groups is 1. The molecular formula is C37H38FN5O7S4. The summed E-state index contributed by atoms with van der Waals surface area (Å²) in [6.45, 7) is 5.52. The number of nitrogens with zero attached hydrogens (tertiary/aromatic N) is 4. The van der Waals surface area contributed by atoms with Crippen LogP contribution < -0.4 is 5.32 Å². The van der Waals surface area contributed by atoms with Crippen molar-refractivity contribution in [1.82, 2.24) is 19.6 Å². The van der Waals surface area contributed by atoms with Crippen LogP contribution >= 0.6 is 43.2 Å². The summed E-state index contributed by atoms with van der Waals surface area (Å²) in [5.74, 6) is -2.86. The van der Waals surface area contributed by atoms with Gasteiger partial charge in [-0.15, -0.1) is 0 Å². The van der Waals surface area contributed by atoms with Crippen molar-refractivity contribution in [2.75, 3.05) is 19.4 Å². The molecule has 0 saturated carbocycles. The molecule has 0 aromatic heterocycles. The van der Waals surface area contributed by atoms with Crippen molar-refractivity contribution in [1.29, 1.82) is 0 Å². The minimum atomic E-state index is -1.87. The third kappa shape index (κ3) is 3.28. The monoisotopic (exact) mass is 811 g/mol.